The third kappa shape index (κ3) is 1.14. The molecule has 0 bridgehead atoms. The highest BCUT2D eigenvalue weighted by molar-refractivity contribution is 9.10. The molecule has 4 heteroatoms. The van der Waals surface area contributed by atoms with Crippen LogP contribution in [0.3, 0.4) is 0 Å². The van der Waals surface area contributed by atoms with Crippen molar-refractivity contribution < 1.29 is 4.74 Å². The average molecular weight is 231 g/mol. The topological polar surface area (TPSA) is 27.1 Å². The number of hydrogen-bond acceptors (Lipinski definition) is 2. The minimum Gasteiger partial charge on any atom is -0.479 e. The van der Waals surface area contributed by atoms with Crippen LogP contribution in [0, 0.1) is 0 Å². The van der Waals surface area contributed by atoms with Gasteiger partial charge < -0.3 is 4.74 Å². The van der Waals surface area contributed by atoms with Crippen molar-refractivity contribution in [2.45, 2.75) is 25.8 Å². The first-order chi connectivity index (χ1) is 5.83. The predicted octanol–water partition coefficient (Wildman–Crippen LogP) is 1.99. The van der Waals surface area contributed by atoms with Gasteiger partial charge in [-0.05, 0) is 35.2 Å². The number of hydrogen-bond donors (Lipinski definition) is 0. The first-order valence-corrected chi connectivity index (χ1v) is 4.91. The molecule has 0 saturated heterocycles. The van der Waals surface area contributed by atoms with Crippen LogP contribution in [0.2, 0.25) is 0 Å². The summed E-state index contributed by atoms with van der Waals surface area (Å²) in [6.07, 6.45) is 3.59. The lowest BCUT2D eigenvalue weighted by Crippen LogP contribution is -2.10. The van der Waals surface area contributed by atoms with Crippen LogP contribution in [0.15, 0.2) is 4.47 Å². The van der Waals surface area contributed by atoms with E-state index in [9.17, 15) is 0 Å². The van der Waals surface area contributed by atoms with E-state index < -0.39 is 0 Å². The Bertz CT molecular complexity index is 295. The molecule has 1 aliphatic heterocycles. The molecule has 0 amide bonds. The van der Waals surface area contributed by atoms with Gasteiger partial charge in [-0.1, -0.05) is 0 Å². The molecule has 2 heterocycles. The molecule has 0 aliphatic carbocycles. The Morgan fingerprint density at radius 3 is 3.00 bits per heavy atom. The molecular formula is C8H11BrN2O. The SMILES string of the molecule is COc1nn2c(c1Br)CCCC2. The van der Waals surface area contributed by atoms with Gasteiger partial charge in [0, 0.05) is 6.54 Å². The molecule has 2 rings (SSSR count). The molecule has 66 valence electrons. The molecule has 1 aromatic rings. The number of aromatic nitrogens is 2. The van der Waals surface area contributed by atoms with Crippen LogP contribution in [0.4, 0.5) is 0 Å². The maximum atomic E-state index is 5.12. The molecule has 0 atom stereocenters. The largest absolute Gasteiger partial charge is 0.479 e. The summed E-state index contributed by atoms with van der Waals surface area (Å²) in [6, 6.07) is 0. The van der Waals surface area contributed by atoms with Gasteiger partial charge in [-0.15, -0.1) is 5.10 Å². The molecule has 0 aromatic carbocycles. The minimum atomic E-state index is 0.715. The summed E-state index contributed by atoms with van der Waals surface area (Å²) in [5, 5.41) is 4.32. The third-order valence-corrected chi connectivity index (χ3v) is 2.99. The summed E-state index contributed by atoms with van der Waals surface area (Å²) in [7, 11) is 1.65. The lowest BCUT2D eigenvalue weighted by Gasteiger charge is -2.12. The first-order valence-electron chi connectivity index (χ1n) is 4.12. The Labute approximate surface area is 79.8 Å². The van der Waals surface area contributed by atoms with E-state index in [0.717, 1.165) is 17.4 Å². The zero-order valence-electron chi connectivity index (χ0n) is 7.01. The molecule has 3 nitrogen and oxygen atoms in total. The van der Waals surface area contributed by atoms with Crippen molar-refractivity contribution in [1.29, 1.82) is 0 Å². The van der Waals surface area contributed by atoms with Crippen molar-refractivity contribution in [3.8, 4) is 5.88 Å². The number of halogens is 1. The Balaban J connectivity index is 2.44. The Kier molecular flexibility index (Phi) is 2.09. The van der Waals surface area contributed by atoms with Crippen molar-refractivity contribution in [3.63, 3.8) is 0 Å². The Morgan fingerprint density at radius 1 is 1.50 bits per heavy atom. The van der Waals surface area contributed by atoms with Gasteiger partial charge in [0.15, 0.2) is 0 Å². The number of fused-ring (bicyclic) bond motifs is 1. The van der Waals surface area contributed by atoms with Gasteiger partial charge in [0.05, 0.1) is 12.8 Å². The van der Waals surface area contributed by atoms with Crippen LogP contribution in [-0.4, -0.2) is 16.9 Å². The van der Waals surface area contributed by atoms with Crippen LogP contribution in [0.25, 0.3) is 0 Å². The lowest BCUT2D eigenvalue weighted by atomic mass is 10.1. The maximum Gasteiger partial charge on any atom is 0.247 e. The van der Waals surface area contributed by atoms with Gasteiger partial charge in [0.1, 0.15) is 4.47 Å². The Hall–Kier alpha value is -0.510. The van der Waals surface area contributed by atoms with Crippen molar-refractivity contribution in [1.82, 2.24) is 9.78 Å². The normalized spacial score (nSPS) is 15.8. The van der Waals surface area contributed by atoms with Crippen molar-refractivity contribution >= 4 is 15.9 Å². The highest BCUT2D eigenvalue weighted by Gasteiger charge is 2.18. The fourth-order valence-electron chi connectivity index (χ4n) is 1.56. The van der Waals surface area contributed by atoms with E-state index in [1.165, 1.54) is 18.5 Å². The van der Waals surface area contributed by atoms with Crippen molar-refractivity contribution in [2.24, 2.45) is 0 Å². The lowest BCUT2D eigenvalue weighted by molar-refractivity contribution is 0.382. The van der Waals surface area contributed by atoms with E-state index in [-0.39, 0.29) is 0 Å². The highest BCUT2D eigenvalue weighted by atomic mass is 79.9. The van der Waals surface area contributed by atoms with Gasteiger partial charge in [0.2, 0.25) is 5.88 Å². The molecule has 0 radical (unpaired) electrons. The molecule has 0 saturated carbocycles. The maximum absolute atomic E-state index is 5.12. The summed E-state index contributed by atoms with van der Waals surface area (Å²) >= 11 is 3.49. The van der Waals surface area contributed by atoms with E-state index >= 15 is 0 Å². The number of aryl methyl sites for hydroxylation is 1. The second-order valence-corrected chi connectivity index (χ2v) is 3.74. The summed E-state index contributed by atoms with van der Waals surface area (Å²) in [5.74, 6) is 0.715. The minimum absolute atomic E-state index is 0.715. The monoisotopic (exact) mass is 230 g/mol. The fourth-order valence-corrected chi connectivity index (χ4v) is 2.20. The van der Waals surface area contributed by atoms with Crippen LogP contribution in [-0.2, 0) is 13.0 Å². The third-order valence-electron chi connectivity index (χ3n) is 2.19. The van der Waals surface area contributed by atoms with Gasteiger partial charge in [-0.2, -0.15) is 0 Å². The summed E-state index contributed by atoms with van der Waals surface area (Å²) in [6.45, 7) is 1.03. The first kappa shape index (κ1) is 8.10. The molecule has 0 fully saturated rings. The average Bonchev–Trinajstić information content (AvgIpc) is 2.44. The predicted molar refractivity (Wildman–Crippen MR) is 49.4 cm³/mol. The molecule has 0 unspecified atom stereocenters. The molecule has 1 aromatic heterocycles. The van der Waals surface area contributed by atoms with Crippen molar-refractivity contribution in [2.75, 3.05) is 7.11 Å². The van der Waals surface area contributed by atoms with Gasteiger partial charge in [-0.25, -0.2) is 0 Å². The quantitative estimate of drug-likeness (QED) is 0.739. The van der Waals surface area contributed by atoms with Gasteiger partial charge >= 0.3 is 0 Å². The molecule has 12 heavy (non-hydrogen) atoms. The van der Waals surface area contributed by atoms with Crippen LogP contribution >= 0.6 is 15.9 Å². The number of methoxy groups -OCH3 is 1. The van der Waals surface area contributed by atoms with E-state index in [2.05, 4.69) is 21.0 Å². The number of ether oxygens (including phenoxy) is 1. The van der Waals surface area contributed by atoms with Crippen LogP contribution in [0.5, 0.6) is 5.88 Å². The standard InChI is InChI=1S/C8H11BrN2O/c1-12-8-7(9)6-4-2-3-5-11(6)10-8/h2-5H2,1H3. The van der Waals surface area contributed by atoms with Gasteiger partial charge in [-0.3, -0.25) is 4.68 Å². The zero-order chi connectivity index (χ0) is 8.55. The molecule has 0 spiro atoms. The molecule has 1 aliphatic rings. The summed E-state index contributed by atoms with van der Waals surface area (Å²) in [5.41, 5.74) is 1.28. The van der Waals surface area contributed by atoms with Crippen molar-refractivity contribution in [3.05, 3.63) is 10.2 Å². The summed E-state index contributed by atoms with van der Waals surface area (Å²) < 4.78 is 8.19. The second-order valence-electron chi connectivity index (χ2n) is 2.95. The van der Waals surface area contributed by atoms with E-state index in [1.54, 1.807) is 7.11 Å². The Morgan fingerprint density at radius 2 is 2.33 bits per heavy atom. The van der Waals surface area contributed by atoms with Crippen LogP contribution < -0.4 is 4.74 Å². The van der Waals surface area contributed by atoms with E-state index in [0.29, 0.717) is 5.88 Å². The van der Waals surface area contributed by atoms with E-state index in [4.69, 9.17) is 4.74 Å². The highest BCUT2D eigenvalue weighted by Crippen LogP contribution is 2.31. The van der Waals surface area contributed by atoms with Gasteiger partial charge in [0.25, 0.3) is 0 Å². The molecule has 0 N–H and O–H groups in total. The smallest absolute Gasteiger partial charge is 0.247 e. The van der Waals surface area contributed by atoms with Crippen LogP contribution in [0.1, 0.15) is 18.5 Å². The second kappa shape index (κ2) is 3.09. The summed E-state index contributed by atoms with van der Waals surface area (Å²) in [4.78, 5) is 0. The number of rotatable bonds is 1. The fraction of sp³-hybridized carbons (Fsp3) is 0.625. The molecular weight excluding hydrogens is 220 g/mol. The van der Waals surface area contributed by atoms with E-state index in [1.807, 2.05) is 4.68 Å². The zero-order valence-corrected chi connectivity index (χ0v) is 8.60. The number of nitrogens with zero attached hydrogens (tertiary/aromatic N) is 2.